The lowest BCUT2D eigenvalue weighted by molar-refractivity contribution is -0.275. The molecule has 192 valence electrons. The van der Waals surface area contributed by atoms with E-state index < -0.39 is 24.0 Å². The van der Waals surface area contributed by atoms with E-state index in [1.165, 1.54) is 11.0 Å². The molecule has 1 saturated heterocycles. The summed E-state index contributed by atoms with van der Waals surface area (Å²) in [7, 11) is 0. The van der Waals surface area contributed by atoms with Crippen molar-refractivity contribution in [1.29, 1.82) is 0 Å². The number of aryl methyl sites for hydroxylation is 1. The minimum Gasteiger partial charge on any atom is -0.403 e. The quantitative estimate of drug-likeness (QED) is 0.280. The number of amides is 1. The molecular formula is C26H22F4N4O3. The maximum atomic E-state index is 14.5. The number of benzene rings is 2. The fraction of sp³-hybridized carbons (Fsp3) is 0.346. The second kappa shape index (κ2) is 8.60. The molecule has 0 spiro atoms. The second-order valence-corrected chi connectivity index (χ2v) is 9.44. The van der Waals surface area contributed by atoms with E-state index in [0.29, 0.717) is 17.8 Å². The summed E-state index contributed by atoms with van der Waals surface area (Å²) in [6, 6.07) is 8.50. The average molecular weight is 514 g/mol. The fourth-order valence-corrected chi connectivity index (χ4v) is 5.07. The number of hydrogen-bond donors (Lipinski definition) is 0. The zero-order valence-corrected chi connectivity index (χ0v) is 19.8. The van der Waals surface area contributed by atoms with Crippen LogP contribution in [0.1, 0.15) is 55.7 Å². The lowest BCUT2D eigenvalue weighted by Gasteiger charge is -2.32. The topological polar surface area (TPSA) is 73.4 Å². The van der Waals surface area contributed by atoms with E-state index in [0.717, 1.165) is 53.7 Å². The number of imidazole rings is 1. The van der Waals surface area contributed by atoms with E-state index in [-0.39, 0.29) is 24.1 Å². The lowest BCUT2D eigenvalue weighted by atomic mass is 9.92. The molecule has 0 radical (unpaired) electrons. The SMILES string of the molecule is Cc1noc2ccc(-c3cn(C4CCC4)c([C@@H]4CCC(=O)N4c4ccc(OC(F)(F)F)c(F)c4)n3)cc12. The van der Waals surface area contributed by atoms with Gasteiger partial charge in [0.05, 0.1) is 17.4 Å². The van der Waals surface area contributed by atoms with Crippen molar-refractivity contribution in [1.82, 2.24) is 14.7 Å². The molecule has 7 nitrogen and oxygen atoms in total. The molecular weight excluding hydrogens is 492 g/mol. The number of ether oxygens (including phenoxy) is 1. The minimum absolute atomic E-state index is 0.158. The van der Waals surface area contributed by atoms with E-state index >= 15 is 0 Å². The molecule has 2 aromatic carbocycles. The summed E-state index contributed by atoms with van der Waals surface area (Å²) in [6.07, 6.45) is 0.663. The van der Waals surface area contributed by atoms with Crippen LogP contribution < -0.4 is 9.64 Å². The van der Waals surface area contributed by atoms with Crippen molar-refractivity contribution >= 4 is 22.6 Å². The summed E-state index contributed by atoms with van der Waals surface area (Å²) in [5.74, 6) is -1.73. The summed E-state index contributed by atoms with van der Waals surface area (Å²) < 4.78 is 63.4. The van der Waals surface area contributed by atoms with Gasteiger partial charge in [0.2, 0.25) is 5.91 Å². The summed E-state index contributed by atoms with van der Waals surface area (Å²) in [5.41, 5.74) is 3.19. The van der Waals surface area contributed by atoms with Crippen molar-refractivity contribution in [3.05, 3.63) is 59.9 Å². The van der Waals surface area contributed by atoms with Gasteiger partial charge in [0.25, 0.3) is 0 Å². The predicted molar refractivity (Wildman–Crippen MR) is 125 cm³/mol. The van der Waals surface area contributed by atoms with Gasteiger partial charge < -0.3 is 18.7 Å². The maximum Gasteiger partial charge on any atom is 0.573 e. The number of aromatic nitrogens is 3. The number of carbonyl (C=O) groups is 1. The van der Waals surface area contributed by atoms with Crippen molar-refractivity contribution in [3.8, 4) is 17.0 Å². The molecule has 0 N–H and O–H groups in total. The van der Waals surface area contributed by atoms with Gasteiger partial charge in [-0.2, -0.15) is 0 Å². The molecule has 0 unspecified atom stereocenters. The van der Waals surface area contributed by atoms with E-state index in [1.807, 2.05) is 31.3 Å². The minimum atomic E-state index is -5.02. The van der Waals surface area contributed by atoms with Crippen molar-refractivity contribution in [2.24, 2.45) is 0 Å². The Bertz CT molecular complexity index is 1510. The first-order valence-corrected chi connectivity index (χ1v) is 12.0. The number of alkyl halides is 3. The molecule has 1 atom stereocenters. The van der Waals surface area contributed by atoms with Gasteiger partial charge in [-0.3, -0.25) is 4.79 Å². The molecule has 37 heavy (non-hydrogen) atoms. The Labute approximate surface area is 208 Å². The summed E-state index contributed by atoms with van der Waals surface area (Å²) in [6.45, 7) is 1.86. The van der Waals surface area contributed by atoms with Crippen molar-refractivity contribution < 1.29 is 31.6 Å². The first kappa shape index (κ1) is 23.5. The number of rotatable bonds is 5. The van der Waals surface area contributed by atoms with Gasteiger partial charge in [-0.05, 0) is 62.9 Å². The molecule has 4 aromatic rings. The number of nitrogens with zero attached hydrogens (tertiary/aromatic N) is 4. The summed E-state index contributed by atoms with van der Waals surface area (Å²) in [4.78, 5) is 19.3. The first-order valence-electron chi connectivity index (χ1n) is 12.0. The maximum absolute atomic E-state index is 14.5. The van der Waals surface area contributed by atoms with Crippen LogP contribution in [0.15, 0.2) is 47.1 Å². The van der Waals surface area contributed by atoms with Crippen molar-refractivity contribution in [2.75, 3.05) is 4.90 Å². The number of anilines is 1. The Morgan fingerprint density at radius 1 is 1.11 bits per heavy atom. The van der Waals surface area contributed by atoms with Gasteiger partial charge >= 0.3 is 6.36 Å². The summed E-state index contributed by atoms with van der Waals surface area (Å²) >= 11 is 0. The largest absolute Gasteiger partial charge is 0.573 e. The highest BCUT2D eigenvalue weighted by molar-refractivity contribution is 5.96. The Balaban J connectivity index is 1.39. The van der Waals surface area contributed by atoms with Gasteiger partial charge in [-0.1, -0.05) is 5.16 Å². The monoisotopic (exact) mass is 514 g/mol. The second-order valence-electron chi connectivity index (χ2n) is 9.44. The van der Waals surface area contributed by atoms with Gasteiger partial charge in [-0.15, -0.1) is 13.2 Å². The predicted octanol–water partition coefficient (Wildman–Crippen LogP) is 6.63. The highest BCUT2D eigenvalue weighted by Gasteiger charge is 2.39. The number of fused-ring (bicyclic) bond motifs is 1. The van der Waals surface area contributed by atoms with Crippen molar-refractivity contribution in [3.63, 3.8) is 0 Å². The molecule has 2 fully saturated rings. The Kier molecular flexibility index (Phi) is 5.46. The van der Waals surface area contributed by atoms with Gasteiger partial charge in [0.15, 0.2) is 17.1 Å². The summed E-state index contributed by atoms with van der Waals surface area (Å²) in [5, 5.41) is 4.89. The Morgan fingerprint density at radius 2 is 1.92 bits per heavy atom. The molecule has 1 aliphatic heterocycles. The highest BCUT2D eigenvalue weighted by Crippen LogP contribution is 2.43. The van der Waals surface area contributed by atoms with E-state index in [4.69, 9.17) is 9.51 Å². The molecule has 2 aromatic heterocycles. The van der Waals surface area contributed by atoms with Gasteiger partial charge in [0, 0.05) is 41.4 Å². The lowest BCUT2D eigenvalue weighted by Crippen LogP contribution is -2.31. The molecule has 1 aliphatic carbocycles. The fourth-order valence-electron chi connectivity index (χ4n) is 5.07. The Morgan fingerprint density at radius 3 is 2.62 bits per heavy atom. The number of carbonyl (C=O) groups excluding carboxylic acids is 1. The van der Waals surface area contributed by atoms with Crippen LogP contribution in [0.3, 0.4) is 0 Å². The van der Waals surface area contributed by atoms with Crippen LogP contribution in [0.5, 0.6) is 5.75 Å². The van der Waals surface area contributed by atoms with E-state index in [1.54, 1.807) is 0 Å². The van der Waals surface area contributed by atoms with E-state index in [9.17, 15) is 22.4 Å². The molecule has 1 saturated carbocycles. The molecule has 0 bridgehead atoms. The molecule has 3 heterocycles. The van der Waals surface area contributed by atoms with E-state index in [2.05, 4.69) is 14.5 Å². The average Bonchev–Trinajstić information content (AvgIpc) is 3.50. The molecule has 1 amide bonds. The third-order valence-electron chi connectivity index (χ3n) is 7.10. The van der Waals surface area contributed by atoms with Crippen LogP contribution in [0.2, 0.25) is 0 Å². The smallest absolute Gasteiger partial charge is 0.403 e. The standard InChI is InChI=1S/C26H22F4N4O3/c1-14-18-11-15(5-8-22(18)37-32-14)20-13-33(16-3-2-4-16)25(31-20)21-7-10-24(35)34(21)17-6-9-23(19(27)12-17)36-26(28,29)30/h5-6,8-9,11-13,16,21H,2-4,7,10H2,1H3/t21-/m0/s1. The third kappa shape index (κ3) is 4.21. The number of hydrogen-bond acceptors (Lipinski definition) is 5. The Hall–Kier alpha value is -3.89. The first-order chi connectivity index (χ1) is 17.7. The van der Waals surface area contributed by atoms with Crippen LogP contribution in [0.25, 0.3) is 22.2 Å². The van der Waals surface area contributed by atoms with Crippen LogP contribution in [0, 0.1) is 12.7 Å². The number of halogens is 4. The highest BCUT2D eigenvalue weighted by atomic mass is 19.4. The van der Waals surface area contributed by atoms with Gasteiger partial charge in [0.1, 0.15) is 5.82 Å². The van der Waals surface area contributed by atoms with Crippen LogP contribution >= 0.6 is 0 Å². The van der Waals surface area contributed by atoms with Crippen molar-refractivity contribution in [2.45, 2.75) is 57.5 Å². The molecule has 2 aliphatic rings. The third-order valence-corrected chi connectivity index (χ3v) is 7.10. The van der Waals surface area contributed by atoms with Crippen LogP contribution in [-0.2, 0) is 4.79 Å². The zero-order chi connectivity index (χ0) is 25.9. The van der Waals surface area contributed by atoms with Crippen LogP contribution in [0.4, 0.5) is 23.2 Å². The van der Waals surface area contributed by atoms with Gasteiger partial charge in [-0.25, -0.2) is 9.37 Å². The normalized spacial score (nSPS) is 18.6. The van der Waals surface area contributed by atoms with Crippen LogP contribution in [-0.4, -0.2) is 27.0 Å². The molecule has 6 rings (SSSR count). The molecule has 11 heteroatoms. The zero-order valence-electron chi connectivity index (χ0n) is 19.8.